The lowest BCUT2D eigenvalue weighted by Gasteiger charge is -2.20. The number of hydrogen-bond acceptors (Lipinski definition) is 5. The first-order valence-electron chi connectivity index (χ1n) is 9.47. The van der Waals surface area contributed by atoms with Crippen LogP contribution in [0.4, 0.5) is 0 Å². The van der Waals surface area contributed by atoms with Gasteiger partial charge in [0.05, 0.1) is 0 Å². The van der Waals surface area contributed by atoms with Crippen molar-refractivity contribution in [1.29, 1.82) is 0 Å². The number of hydrogen-bond donors (Lipinski definition) is 2. The van der Waals surface area contributed by atoms with E-state index in [1.165, 1.54) is 13.0 Å². The number of carboxylic acid groups (broad SMARTS) is 1. The van der Waals surface area contributed by atoms with Crippen molar-refractivity contribution in [2.24, 2.45) is 5.92 Å². The summed E-state index contributed by atoms with van der Waals surface area (Å²) in [5.74, 6) is -1.11. The molecule has 1 aromatic carbocycles. The van der Waals surface area contributed by atoms with Crippen LogP contribution in [0.25, 0.3) is 11.0 Å². The molecular weight excluding hydrogens is 362 g/mol. The smallest absolute Gasteiger partial charge is 0.336 e. The van der Waals surface area contributed by atoms with Crippen molar-refractivity contribution in [2.75, 3.05) is 0 Å². The molecule has 152 valence electrons. The molecule has 7 heteroatoms. The van der Waals surface area contributed by atoms with E-state index in [4.69, 9.17) is 9.15 Å². The van der Waals surface area contributed by atoms with E-state index >= 15 is 0 Å². The second kappa shape index (κ2) is 9.39. The molecule has 0 spiro atoms. The molecule has 0 radical (unpaired) electrons. The van der Waals surface area contributed by atoms with E-state index in [0.29, 0.717) is 17.8 Å². The number of benzene rings is 1. The number of nitrogens with one attached hydrogen (secondary N) is 1. The summed E-state index contributed by atoms with van der Waals surface area (Å²) in [5, 5.41) is 12.6. The molecule has 1 unspecified atom stereocenters. The van der Waals surface area contributed by atoms with Gasteiger partial charge in [0, 0.05) is 17.5 Å². The lowest BCUT2D eigenvalue weighted by Crippen LogP contribution is -2.46. The van der Waals surface area contributed by atoms with Gasteiger partial charge in [-0.25, -0.2) is 9.59 Å². The summed E-state index contributed by atoms with van der Waals surface area (Å²) in [4.78, 5) is 35.4. The number of carbonyl (C=O) groups excluding carboxylic acids is 1. The third-order valence-corrected chi connectivity index (χ3v) is 4.32. The third kappa shape index (κ3) is 5.58. The molecule has 0 fully saturated rings. The van der Waals surface area contributed by atoms with Gasteiger partial charge >= 0.3 is 11.6 Å². The molecule has 2 rings (SSSR count). The van der Waals surface area contributed by atoms with Crippen molar-refractivity contribution in [2.45, 2.75) is 59.1 Å². The number of ether oxygens (including phenoxy) is 1. The molecule has 7 nitrogen and oxygen atoms in total. The molecule has 2 atom stereocenters. The van der Waals surface area contributed by atoms with E-state index in [1.54, 1.807) is 18.2 Å². The summed E-state index contributed by atoms with van der Waals surface area (Å²) < 4.78 is 10.9. The van der Waals surface area contributed by atoms with Crippen LogP contribution in [0.2, 0.25) is 0 Å². The number of aliphatic carboxylic acids is 1. The summed E-state index contributed by atoms with van der Waals surface area (Å²) in [7, 11) is 0. The Morgan fingerprint density at radius 3 is 2.54 bits per heavy atom. The topological polar surface area (TPSA) is 106 Å². The molecule has 1 amide bonds. The van der Waals surface area contributed by atoms with Gasteiger partial charge in [0.15, 0.2) is 6.10 Å². The summed E-state index contributed by atoms with van der Waals surface area (Å²) in [5.41, 5.74) is 0.866. The molecule has 1 heterocycles. The third-order valence-electron chi connectivity index (χ3n) is 4.32. The lowest BCUT2D eigenvalue weighted by atomic mass is 10.0. The molecular formula is C21H27NO6. The first kappa shape index (κ1) is 21.5. The average molecular weight is 389 g/mol. The predicted octanol–water partition coefficient (Wildman–Crippen LogP) is 3.13. The minimum Gasteiger partial charge on any atom is -0.481 e. The molecule has 0 bridgehead atoms. The second-order valence-electron chi connectivity index (χ2n) is 7.29. The van der Waals surface area contributed by atoms with Crippen molar-refractivity contribution in [3.63, 3.8) is 0 Å². The molecule has 28 heavy (non-hydrogen) atoms. The van der Waals surface area contributed by atoms with E-state index in [9.17, 15) is 19.5 Å². The average Bonchev–Trinajstić information content (AvgIpc) is 2.60. The zero-order chi connectivity index (χ0) is 20.8. The van der Waals surface area contributed by atoms with Gasteiger partial charge in [-0.1, -0.05) is 27.2 Å². The maximum absolute atomic E-state index is 12.3. The van der Waals surface area contributed by atoms with Crippen LogP contribution >= 0.6 is 0 Å². The van der Waals surface area contributed by atoms with Crippen molar-refractivity contribution >= 4 is 22.8 Å². The highest BCUT2D eigenvalue weighted by Crippen LogP contribution is 2.24. The van der Waals surface area contributed by atoms with Crippen LogP contribution in [0.1, 0.15) is 46.1 Å². The van der Waals surface area contributed by atoms with Crippen LogP contribution in [-0.2, 0) is 16.0 Å². The molecule has 1 aromatic heterocycles. The predicted molar refractivity (Wildman–Crippen MR) is 106 cm³/mol. The van der Waals surface area contributed by atoms with Crippen molar-refractivity contribution in [3.05, 3.63) is 40.2 Å². The van der Waals surface area contributed by atoms with Crippen molar-refractivity contribution < 1.29 is 23.8 Å². The Balaban J connectivity index is 2.15. The van der Waals surface area contributed by atoms with Crippen LogP contribution in [0.3, 0.4) is 0 Å². The van der Waals surface area contributed by atoms with Gasteiger partial charge in [-0.2, -0.15) is 0 Å². The number of aryl methyl sites for hydroxylation is 1. The number of carbonyl (C=O) groups is 2. The van der Waals surface area contributed by atoms with Crippen LogP contribution in [0.15, 0.2) is 33.5 Å². The molecule has 0 aliphatic carbocycles. The Morgan fingerprint density at radius 2 is 1.93 bits per heavy atom. The van der Waals surface area contributed by atoms with Gasteiger partial charge in [0.2, 0.25) is 0 Å². The van der Waals surface area contributed by atoms with E-state index in [0.717, 1.165) is 23.8 Å². The fraction of sp³-hybridized carbons (Fsp3) is 0.476. The van der Waals surface area contributed by atoms with Gasteiger partial charge in [0.1, 0.15) is 17.4 Å². The van der Waals surface area contributed by atoms with Crippen LogP contribution in [-0.4, -0.2) is 29.1 Å². The number of rotatable bonds is 9. The van der Waals surface area contributed by atoms with Crippen molar-refractivity contribution in [3.8, 4) is 5.75 Å². The van der Waals surface area contributed by atoms with E-state index in [1.807, 2.05) is 20.8 Å². The Morgan fingerprint density at radius 1 is 1.21 bits per heavy atom. The fourth-order valence-electron chi connectivity index (χ4n) is 3.00. The number of carboxylic acids is 1. The van der Waals surface area contributed by atoms with Gasteiger partial charge < -0.3 is 19.6 Å². The first-order valence-corrected chi connectivity index (χ1v) is 9.47. The van der Waals surface area contributed by atoms with Gasteiger partial charge in [-0.15, -0.1) is 0 Å². The molecule has 2 N–H and O–H groups in total. The normalized spacial score (nSPS) is 13.3. The quantitative estimate of drug-likeness (QED) is 0.638. The minimum absolute atomic E-state index is 0.123. The Labute approximate surface area is 163 Å². The highest BCUT2D eigenvalue weighted by molar-refractivity contribution is 5.86. The highest BCUT2D eigenvalue weighted by atomic mass is 16.5. The number of fused-ring (bicyclic) bond motifs is 1. The van der Waals surface area contributed by atoms with E-state index in [-0.39, 0.29) is 5.92 Å². The standard InChI is InChI=1S/C21H27NO6/c1-5-6-14-10-19(23)28-18-11-15(7-8-16(14)18)27-13(4)20(24)22-17(21(25)26)9-12(2)3/h7-8,10-13,17H,5-6,9H2,1-4H3,(H,22,24)(H,25,26)/t13?,17-/m1/s1. The molecule has 0 saturated carbocycles. The Kier molecular flexibility index (Phi) is 7.20. The maximum Gasteiger partial charge on any atom is 0.336 e. The summed E-state index contributed by atoms with van der Waals surface area (Å²) >= 11 is 0. The van der Waals surface area contributed by atoms with Gasteiger partial charge in [0.25, 0.3) is 5.91 Å². The summed E-state index contributed by atoms with van der Waals surface area (Å²) in [6.07, 6.45) is 1.08. The summed E-state index contributed by atoms with van der Waals surface area (Å²) in [6, 6.07) is 5.59. The lowest BCUT2D eigenvalue weighted by molar-refractivity contribution is -0.143. The first-order chi connectivity index (χ1) is 13.2. The summed E-state index contributed by atoms with van der Waals surface area (Å²) in [6.45, 7) is 7.34. The molecule has 2 aromatic rings. The van der Waals surface area contributed by atoms with E-state index < -0.39 is 29.6 Å². The van der Waals surface area contributed by atoms with Crippen LogP contribution < -0.4 is 15.7 Å². The second-order valence-corrected chi connectivity index (χ2v) is 7.29. The zero-order valence-corrected chi connectivity index (χ0v) is 16.7. The largest absolute Gasteiger partial charge is 0.481 e. The SMILES string of the molecule is CCCc1cc(=O)oc2cc(OC(C)C(=O)N[C@H](CC(C)C)C(=O)O)ccc12. The van der Waals surface area contributed by atoms with Gasteiger partial charge in [-0.3, -0.25) is 4.79 Å². The van der Waals surface area contributed by atoms with Crippen LogP contribution in [0, 0.1) is 5.92 Å². The fourth-order valence-corrected chi connectivity index (χ4v) is 3.00. The minimum atomic E-state index is -1.08. The van der Waals surface area contributed by atoms with E-state index in [2.05, 4.69) is 5.32 Å². The monoisotopic (exact) mass is 389 g/mol. The Hall–Kier alpha value is -2.83. The molecule has 0 aliphatic heterocycles. The maximum atomic E-state index is 12.3. The highest BCUT2D eigenvalue weighted by Gasteiger charge is 2.24. The molecule has 0 aliphatic rings. The van der Waals surface area contributed by atoms with Crippen LogP contribution in [0.5, 0.6) is 5.75 Å². The Bertz CT molecular complexity index is 901. The van der Waals surface area contributed by atoms with Gasteiger partial charge in [-0.05, 0) is 43.4 Å². The number of amides is 1. The molecule has 0 saturated heterocycles. The zero-order valence-electron chi connectivity index (χ0n) is 16.7. The van der Waals surface area contributed by atoms with Crippen molar-refractivity contribution in [1.82, 2.24) is 5.32 Å².